The molecule has 0 saturated heterocycles. The predicted octanol–water partition coefficient (Wildman–Crippen LogP) is 4.03. The Labute approximate surface area is 152 Å². The highest BCUT2D eigenvalue weighted by molar-refractivity contribution is 5.63. The van der Waals surface area contributed by atoms with Gasteiger partial charge in [0.15, 0.2) is 5.65 Å². The molecule has 4 saturated carbocycles. The number of hydrogen-bond donors (Lipinski definition) is 1. The van der Waals surface area contributed by atoms with E-state index in [4.69, 9.17) is 5.10 Å². The van der Waals surface area contributed by atoms with Crippen LogP contribution in [0.1, 0.15) is 32.1 Å². The van der Waals surface area contributed by atoms with Crippen molar-refractivity contribution in [2.75, 3.05) is 5.32 Å². The van der Waals surface area contributed by atoms with E-state index >= 15 is 0 Å². The third-order valence-corrected chi connectivity index (χ3v) is 6.88. The van der Waals surface area contributed by atoms with E-state index in [9.17, 15) is 0 Å². The van der Waals surface area contributed by atoms with Crippen molar-refractivity contribution in [1.82, 2.24) is 19.6 Å². The fourth-order valence-electron chi connectivity index (χ4n) is 6.00. The first-order chi connectivity index (χ1) is 12.8. The highest BCUT2D eigenvalue weighted by Crippen LogP contribution is 2.54. The molecule has 3 aromatic heterocycles. The van der Waals surface area contributed by atoms with E-state index in [0.29, 0.717) is 6.04 Å². The van der Waals surface area contributed by atoms with Gasteiger partial charge in [-0.05, 0) is 80.0 Å². The summed E-state index contributed by atoms with van der Waals surface area (Å²) in [4.78, 5) is 8.62. The van der Waals surface area contributed by atoms with Crippen LogP contribution in [0.3, 0.4) is 0 Å². The van der Waals surface area contributed by atoms with Crippen molar-refractivity contribution in [2.45, 2.75) is 38.1 Å². The van der Waals surface area contributed by atoms with Gasteiger partial charge in [0, 0.05) is 24.0 Å². The summed E-state index contributed by atoms with van der Waals surface area (Å²) >= 11 is 0. The van der Waals surface area contributed by atoms with Gasteiger partial charge in [-0.1, -0.05) is 0 Å². The lowest BCUT2D eigenvalue weighted by atomic mass is 9.54. The number of nitrogens with one attached hydrogen (secondary N) is 1. The second kappa shape index (κ2) is 5.53. The van der Waals surface area contributed by atoms with Gasteiger partial charge in [0.2, 0.25) is 0 Å². The Morgan fingerprint density at radius 3 is 2.35 bits per heavy atom. The van der Waals surface area contributed by atoms with Crippen LogP contribution >= 0.6 is 0 Å². The van der Waals surface area contributed by atoms with Gasteiger partial charge in [0.1, 0.15) is 5.82 Å². The molecular formula is C21H23N5. The first kappa shape index (κ1) is 14.7. The van der Waals surface area contributed by atoms with E-state index in [1.54, 1.807) is 0 Å². The van der Waals surface area contributed by atoms with Crippen LogP contribution in [-0.4, -0.2) is 25.6 Å². The Morgan fingerprint density at radius 2 is 1.62 bits per heavy atom. The van der Waals surface area contributed by atoms with Gasteiger partial charge in [-0.15, -0.1) is 5.10 Å². The van der Waals surface area contributed by atoms with E-state index in [-0.39, 0.29) is 0 Å². The van der Waals surface area contributed by atoms with Crippen molar-refractivity contribution < 1.29 is 0 Å². The van der Waals surface area contributed by atoms with E-state index in [1.807, 2.05) is 35.2 Å². The maximum Gasteiger partial charge on any atom is 0.154 e. The van der Waals surface area contributed by atoms with Crippen LogP contribution < -0.4 is 5.32 Å². The van der Waals surface area contributed by atoms with E-state index in [1.165, 1.54) is 32.1 Å². The van der Waals surface area contributed by atoms with Crippen molar-refractivity contribution in [3.63, 3.8) is 0 Å². The average molecular weight is 345 g/mol. The Balaban J connectivity index is 1.33. The summed E-state index contributed by atoms with van der Waals surface area (Å²) in [7, 11) is 0. The zero-order valence-electron chi connectivity index (χ0n) is 14.8. The number of fused-ring (bicyclic) bond motifs is 1. The van der Waals surface area contributed by atoms with E-state index in [2.05, 4.69) is 27.4 Å². The Bertz CT molecular complexity index is 919. The topological polar surface area (TPSA) is 55.1 Å². The number of pyridine rings is 1. The number of imidazole rings is 1. The number of hydrogen-bond acceptors (Lipinski definition) is 4. The molecule has 1 N–H and O–H groups in total. The molecule has 0 amide bonds. The highest BCUT2D eigenvalue weighted by Gasteiger charge is 2.48. The molecule has 0 aliphatic heterocycles. The molecule has 0 spiro atoms. The van der Waals surface area contributed by atoms with E-state index in [0.717, 1.165) is 46.4 Å². The van der Waals surface area contributed by atoms with Crippen LogP contribution in [0.25, 0.3) is 16.9 Å². The van der Waals surface area contributed by atoms with Gasteiger partial charge >= 0.3 is 0 Å². The van der Waals surface area contributed by atoms with Gasteiger partial charge < -0.3 is 5.32 Å². The second-order valence-electron chi connectivity index (χ2n) is 8.47. The first-order valence-corrected chi connectivity index (χ1v) is 9.85. The molecule has 0 unspecified atom stereocenters. The molecular weight excluding hydrogens is 322 g/mol. The van der Waals surface area contributed by atoms with Gasteiger partial charge in [0.25, 0.3) is 0 Å². The number of anilines is 1. The monoisotopic (exact) mass is 345 g/mol. The maximum absolute atomic E-state index is 4.89. The number of rotatable bonds is 3. The van der Waals surface area contributed by atoms with Crippen molar-refractivity contribution in [1.29, 1.82) is 0 Å². The lowest BCUT2D eigenvalue weighted by Crippen LogP contribution is -2.51. The Kier molecular flexibility index (Phi) is 3.13. The van der Waals surface area contributed by atoms with Crippen LogP contribution in [0.2, 0.25) is 0 Å². The SMILES string of the molecule is c1cc(-c2cnc3ccc(NC4C5CC6CC(C5)CC4C6)nn23)ccn1. The number of aromatic nitrogens is 4. The smallest absolute Gasteiger partial charge is 0.154 e. The molecule has 5 nitrogen and oxygen atoms in total. The minimum Gasteiger partial charge on any atom is -0.365 e. The molecule has 4 bridgehead atoms. The molecule has 5 heteroatoms. The summed E-state index contributed by atoms with van der Waals surface area (Å²) in [5.74, 6) is 4.65. The van der Waals surface area contributed by atoms with Gasteiger partial charge in [0.05, 0.1) is 11.9 Å². The van der Waals surface area contributed by atoms with Crippen LogP contribution in [0.4, 0.5) is 5.82 Å². The third kappa shape index (κ3) is 2.26. The zero-order valence-corrected chi connectivity index (χ0v) is 14.8. The Morgan fingerprint density at radius 1 is 0.885 bits per heavy atom. The molecule has 0 atom stereocenters. The minimum atomic E-state index is 0.598. The molecule has 3 heterocycles. The van der Waals surface area contributed by atoms with Crippen LogP contribution in [-0.2, 0) is 0 Å². The molecule has 4 aliphatic carbocycles. The summed E-state index contributed by atoms with van der Waals surface area (Å²) < 4.78 is 1.95. The molecule has 0 radical (unpaired) electrons. The van der Waals surface area contributed by atoms with Gasteiger partial charge in [-0.3, -0.25) is 4.98 Å². The fourth-order valence-corrected chi connectivity index (χ4v) is 6.00. The zero-order chi connectivity index (χ0) is 17.1. The molecule has 0 aromatic carbocycles. The normalized spacial score (nSPS) is 32.2. The van der Waals surface area contributed by atoms with Crippen molar-refractivity contribution in [2.24, 2.45) is 23.7 Å². The molecule has 3 aromatic rings. The lowest BCUT2D eigenvalue weighted by molar-refractivity contribution is 0.00739. The summed E-state index contributed by atoms with van der Waals surface area (Å²) in [6.45, 7) is 0. The minimum absolute atomic E-state index is 0.598. The van der Waals surface area contributed by atoms with Gasteiger partial charge in [-0.25, -0.2) is 9.50 Å². The second-order valence-corrected chi connectivity index (χ2v) is 8.47. The summed E-state index contributed by atoms with van der Waals surface area (Å²) in [5.41, 5.74) is 2.98. The number of nitrogens with zero attached hydrogens (tertiary/aromatic N) is 4. The summed E-state index contributed by atoms with van der Waals surface area (Å²) in [6.07, 6.45) is 12.7. The van der Waals surface area contributed by atoms with Crippen LogP contribution in [0.5, 0.6) is 0 Å². The van der Waals surface area contributed by atoms with Crippen LogP contribution in [0, 0.1) is 23.7 Å². The fraction of sp³-hybridized carbons (Fsp3) is 0.476. The quantitative estimate of drug-likeness (QED) is 0.779. The van der Waals surface area contributed by atoms with E-state index < -0.39 is 0 Å². The largest absolute Gasteiger partial charge is 0.365 e. The summed E-state index contributed by atoms with van der Waals surface area (Å²) in [6, 6.07) is 8.76. The average Bonchev–Trinajstić information content (AvgIpc) is 3.08. The van der Waals surface area contributed by atoms with Gasteiger partial charge in [-0.2, -0.15) is 0 Å². The van der Waals surface area contributed by atoms with Crippen LogP contribution in [0.15, 0.2) is 42.9 Å². The third-order valence-electron chi connectivity index (χ3n) is 6.88. The summed E-state index contributed by atoms with van der Waals surface area (Å²) in [5, 5.41) is 8.70. The maximum atomic E-state index is 4.89. The first-order valence-electron chi connectivity index (χ1n) is 9.85. The van der Waals surface area contributed by atoms with Crippen molar-refractivity contribution >= 4 is 11.5 Å². The Hall–Kier alpha value is -2.43. The standard InChI is InChI=1S/C21H23N5/c1-2-20-23-12-18(15-3-5-22-6-4-15)26(20)25-19(1)24-21-16-8-13-7-14(10-16)11-17(21)9-13/h1-6,12-14,16-17,21H,7-11H2,(H,24,25). The molecule has 4 aliphatic rings. The van der Waals surface area contributed by atoms with Crippen molar-refractivity contribution in [3.8, 4) is 11.3 Å². The molecule has 26 heavy (non-hydrogen) atoms. The molecule has 7 rings (SSSR count). The molecule has 4 fully saturated rings. The molecule has 132 valence electrons. The van der Waals surface area contributed by atoms with Crippen molar-refractivity contribution in [3.05, 3.63) is 42.9 Å². The predicted molar refractivity (Wildman–Crippen MR) is 101 cm³/mol. The highest BCUT2D eigenvalue weighted by atomic mass is 15.3. The lowest BCUT2D eigenvalue weighted by Gasteiger charge is -2.54.